The first kappa shape index (κ1) is 58.4. The number of unbranched alkanes of at least 4 members (excludes halogenated alkanes) is 28. The molecule has 0 aromatic heterocycles. The maximum Gasteiger partial charge on any atom is 0.306 e. The van der Waals surface area contributed by atoms with Crippen molar-refractivity contribution in [3.05, 3.63) is 48.6 Å². The number of hydrogen-bond acceptors (Lipinski definition) is 6. The van der Waals surface area contributed by atoms with E-state index >= 15 is 0 Å². The maximum absolute atomic E-state index is 12.8. The average molecular weight is 855 g/mol. The van der Waals surface area contributed by atoms with Gasteiger partial charge in [-0.2, -0.15) is 0 Å². The smallest absolute Gasteiger partial charge is 0.306 e. The molecule has 0 aromatic carbocycles. The third kappa shape index (κ3) is 48.3. The van der Waals surface area contributed by atoms with Gasteiger partial charge >= 0.3 is 17.9 Å². The normalized spacial score (nSPS) is 12.4. The van der Waals surface area contributed by atoms with Gasteiger partial charge < -0.3 is 14.2 Å². The molecule has 0 aromatic rings. The molecule has 354 valence electrons. The van der Waals surface area contributed by atoms with Crippen LogP contribution in [0.15, 0.2) is 48.6 Å². The summed E-state index contributed by atoms with van der Waals surface area (Å²) in [6, 6.07) is 0. The van der Waals surface area contributed by atoms with Gasteiger partial charge in [0.05, 0.1) is 0 Å². The Balaban J connectivity index is 4.43. The minimum Gasteiger partial charge on any atom is -0.462 e. The molecule has 1 atom stereocenters. The van der Waals surface area contributed by atoms with Crippen molar-refractivity contribution in [3.63, 3.8) is 0 Å². The summed E-state index contributed by atoms with van der Waals surface area (Å²) in [7, 11) is 0. The van der Waals surface area contributed by atoms with Crippen molar-refractivity contribution in [1.82, 2.24) is 0 Å². The van der Waals surface area contributed by atoms with Gasteiger partial charge in [-0.1, -0.05) is 217 Å². The van der Waals surface area contributed by atoms with E-state index in [9.17, 15) is 14.4 Å². The van der Waals surface area contributed by atoms with Crippen molar-refractivity contribution in [1.29, 1.82) is 0 Å². The van der Waals surface area contributed by atoms with Crippen molar-refractivity contribution in [2.24, 2.45) is 0 Å². The van der Waals surface area contributed by atoms with E-state index in [1.54, 1.807) is 0 Å². The third-order valence-corrected chi connectivity index (χ3v) is 11.3. The van der Waals surface area contributed by atoms with Crippen molar-refractivity contribution in [2.75, 3.05) is 13.2 Å². The van der Waals surface area contributed by atoms with Gasteiger partial charge in [-0.3, -0.25) is 14.4 Å². The van der Waals surface area contributed by atoms with E-state index < -0.39 is 6.10 Å². The topological polar surface area (TPSA) is 78.9 Å². The summed E-state index contributed by atoms with van der Waals surface area (Å²) in [6.45, 7) is 6.57. The SMILES string of the molecule is CCCCC/C=C\CCCCCCCC(=O)OCC(COC(=O)CCC/C=C\C/C=C\C/C=C\CCCCCCCC)OC(=O)CCCCCCCCCCCCCCCC. The molecule has 6 nitrogen and oxygen atoms in total. The highest BCUT2D eigenvalue weighted by Crippen LogP contribution is 2.15. The average Bonchev–Trinajstić information content (AvgIpc) is 3.26. The molecule has 0 saturated heterocycles. The standard InChI is InChI=1S/C55H98O6/c1-4-7-10-13-16-19-22-25-27-28-29-31-33-36-39-42-45-48-54(57)60-51-52(50-59-53(56)47-44-41-38-35-32-24-21-18-15-12-9-6-3)61-55(58)49-46-43-40-37-34-30-26-23-20-17-14-11-8-5-2/h18,21,25,27,29,31,36,39,52H,4-17,19-20,22-24,26,28,30,32-35,37-38,40-51H2,1-3H3/b21-18-,27-25-,31-29-,39-36-. The van der Waals surface area contributed by atoms with Crippen LogP contribution in [-0.4, -0.2) is 37.2 Å². The highest BCUT2D eigenvalue weighted by molar-refractivity contribution is 5.71. The molecule has 0 amide bonds. The second-order valence-electron chi connectivity index (χ2n) is 17.4. The minimum absolute atomic E-state index is 0.0909. The quantitative estimate of drug-likeness (QED) is 0.0263. The number of ether oxygens (including phenoxy) is 3. The predicted molar refractivity (Wildman–Crippen MR) is 261 cm³/mol. The maximum atomic E-state index is 12.8. The number of esters is 3. The first-order valence-electron chi connectivity index (χ1n) is 26.1. The van der Waals surface area contributed by atoms with Gasteiger partial charge in [0.2, 0.25) is 0 Å². The molecule has 0 aliphatic carbocycles. The Morgan fingerprint density at radius 1 is 0.328 bits per heavy atom. The van der Waals surface area contributed by atoms with Crippen LogP contribution < -0.4 is 0 Å². The van der Waals surface area contributed by atoms with Gasteiger partial charge in [0.1, 0.15) is 13.2 Å². The fraction of sp³-hybridized carbons (Fsp3) is 0.800. The highest BCUT2D eigenvalue weighted by Gasteiger charge is 2.19. The summed E-state index contributed by atoms with van der Waals surface area (Å²) >= 11 is 0. The van der Waals surface area contributed by atoms with Crippen molar-refractivity contribution >= 4 is 17.9 Å². The lowest BCUT2D eigenvalue weighted by Crippen LogP contribution is -2.30. The van der Waals surface area contributed by atoms with Crippen molar-refractivity contribution < 1.29 is 28.6 Å². The first-order valence-corrected chi connectivity index (χ1v) is 26.1. The van der Waals surface area contributed by atoms with Crippen LogP contribution in [0.1, 0.15) is 265 Å². The lowest BCUT2D eigenvalue weighted by Gasteiger charge is -2.18. The van der Waals surface area contributed by atoms with Crippen LogP contribution in [0.25, 0.3) is 0 Å². The van der Waals surface area contributed by atoms with E-state index in [1.807, 2.05) is 0 Å². The largest absolute Gasteiger partial charge is 0.462 e. The van der Waals surface area contributed by atoms with Gasteiger partial charge in [-0.15, -0.1) is 0 Å². The van der Waals surface area contributed by atoms with Crippen LogP contribution in [0.3, 0.4) is 0 Å². The summed E-state index contributed by atoms with van der Waals surface area (Å²) < 4.78 is 16.7. The third-order valence-electron chi connectivity index (χ3n) is 11.3. The zero-order valence-electron chi connectivity index (χ0n) is 40.4. The fourth-order valence-corrected chi connectivity index (χ4v) is 7.34. The van der Waals surface area contributed by atoms with Crippen LogP contribution in [0.2, 0.25) is 0 Å². The van der Waals surface area contributed by atoms with Crippen molar-refractivity contribution in [2.45, 2.75) is 271 Å². The molecule has 0 bridgehead atoms. The summed E-state index contributed by atoms with van der Waals surface area (Å²) in [5, 5.41) is 0. The van der Waals surface area contributed by atoms with Crippen LogP contribution in [-0.2, 0) is 28.6 Å². The second-order valence-corrected chi connectivity index (χ2v) is 17.4. The van der Waals surface area contributed by atoms with Crippen LogP contribution in [0.5, 0.6) is 0 Å². The van der Waals surface area contributed by atoms with Crippen LogP contribution >= 0.6 is 0 Å². The molecule has 0 aliphatic rings. The zero-order valence-corrected chi connectivity index (χ0v) is 40.4. The molecule has 0 fully saturated rings. The molecule has 61 heavy (non-hydrogen) atoms. The second kappa shape index (κ2) is 50.0. The molecular formula is C55H98O6. The van der Waals surface area contributed by atoms with E-state index in [1.165, 1.54) is 154 Å². The Morgan fingerprint density at radius 2 is 0.607 bits per heavy atom. The lowest BCUT2D eigenvalue weighted by atomic mass is 10.0. The molecule has 0 radical (unpaired) electrons. The summed E-state index contributed by atoms with van der Waals surface area (Å²) in [4.78, 5) is 37.9. The molecular weight excluding hydrogens is 757 g/mol. The molecule has 0 heterocycles. The van der Waals surface area contributed by atoms with Crippen molar-refractivity contribution in [3.8, 4) is 0 Å². The Bertz CT molecular complexity index is 1070. The lowest BCUT2D eigenvalue weighted by molar-refractivity contribution is -0.167. The molecule has 0 rings (SSSR count). The Labute approximate surface area is 378 Å². The molecule has 0 aliphatic heterocycles. The number of carbonyl (C=O) groups excluding carboxylic acids is 3. The fourth-order valence-electron chi connectivity index (χ4n) is 7.34. The first-order chi connectivity index (χ1) is 30.0. The van der Waals surface area contributed by atoms with E-state index in [-0.39, 0.29) is 31.1 Å². The molecule has 0 spiro atoms. The summed E-state index contributed by atoms with van der Waals surface area (Å²) in [5.41, 5.74) is 0. The number of hydrogen-bond donors (Lipinski definition) is 0. The minimum atomic E-state index is -0.792. The van der Waals surface area contributed by atoms with Gasteiger partial charge in [-0.25, -0.2) is 0 Å². The summed E-state index contributed by atoms with van der Waals surface area (Å²) in [6.07, 6.45) is 59.5. The molecule has 6 heteroatoms. The monoisotopic (exact) mass is 855 g/mol. The van der Waals surface area contributed by atoms with Gasteiger partial charge in [-0.05, 0) is 77.0 Å². The van der Waals surface area contributed by atoms with Gasteiger partial charge in [0.15, 0.2) is 6.10 Å². The Hall–Kier alpha value is -2.63. The van der Waals surface area contributed by atoms with E-state index in [0.29, 0.717) is 25.7 Å². The number of rotatable bonds is 47. The Kier molecular flexibility index (Phi) is 47.9. The molecule has 0 saturated carbocycles. The van der Waals surface area contributed by atoms with Gasteiger partial charge in [0, 0.05) is 19.3 Å². The molecule has 0 N–H and O–H groups in total. The summed E-state index contributed by atoms with van der Waals surface area (Å²) in [5.74, 6) is -0.946. The van der Waals surface area contributed by atoms with Gasteiger partial charge in [0.25, 0.3) is 0 Å². The zero-order chi connectivity index (χ0) is 44.4. The van der Waals surface area contributed by atoms with Crippen LogP contribution in [0, 0.1) is 0 Å². The number of carbonyl (C=O) groups is 3. The Morgan fingerprint density at radius 3 is 1.03 bits per heavy atom. The highest BCUT2D eigenvalue weighted by atomic mass is 16.6. The van der Waals surface area contributed by atoms with E-state index in [2.05, 4.69) is 69.4 Å². The van der Waals surface area contributed by atoms with E-state index in [0.717, 1.165) is 64.2 Å². The van der Waals surface area contributed by atoms with E-state index in [4.69, 9.17) is 14.2 Å². The molecule has 1 unspecified atom stereocenters. The van der Waals surface area contributed by atoms with Crippen LogP contribution in [0.4, 0.5) is 0 Å². The predicted octanol–water partition coefficient (Wildman–Crippen LogP) is 17.1. The number of allylic oxidation sites excluding steroid dienone is 8.